The summed E-state index contributed by atoms with van der Waals surface area (Å²) in [6.45, 7) is 3.27. The predicted octanol–water partition coefficient (Wildman–Crippen LogP) is 5.83. The fourth-order valence-electron chi connectivity index (χ4n) is 5.25. The SMILES string of the molecule is c1cncc(-c2cccc3[nH]c(-c4n[nH]c5cnc(-c6cncc(CN7CCCC7)c6)cc45)cc23)c1. The maximum absolute atomic E-state index is 4.71. The van der Waals surface area contributed by atoms with Crippen molar-refractivity contribution in [2.75, 3.05) is 13.1 Å². The number of H-pyrrole nitrogens is 2. The van der Waals surface area contributed by atoms with E-state index in [0.29, 0.717) is 0 Å². The number of nitrogens with zero attached hydrogens (tertiary/aromatic N) is 5. The minimum Gasteiger partial charge on any atom is -0.353 e. The molecule has 0 amide bonds. The van der Waals surface area contributed by atoms with Crippen molar-refractivity contribution in [3.8, 4) is 33.8 Å². The van der Waals surface area contributed by atoms with Gasteiger partial charge in [0, 0.05) is 58.7 Å². The number of fused-ring (bicyclic) bond motifs is 2. The molecule has 7 heteroatoms. The van der Waals surface area contributed by atoms with Gasteiger partial charge >= 0.3 is 0 Å². The van der Waals surface area contributed by atoms with Crippen molar-refractivity contribution in [2.45, 2.75) is 19.4 Å². The van der Waals surface area contributed by atoms with Crippen molar-refractivity contribution < 1.29 is 0 Å². The molecular formula is C29H25N7. The molecule has 0 aliphatic carbocycles. The summed E-state index contributed by atoms with van der Waals surface area (Å²) < 4.78 is 0. The lowest BCUT2D eigenvalue weighted by molar-refractivity contribution is 0.331. The third-order valence-corrected chi connectivity index (χ3v) is 7.03. The molecule has 36 heavy (non-hydrogen) atoms. The van der Waals surface area contributed by atoms with Gasteiger partial charge in [-0.2, -0.15) is 5.10 Å². The van der Waals surface area contributed by atoms with E-state index in [9.17, 15) is 0 Å². The second-order valence-corrected chi connectivity index (χ2v) is 9.44. The van der Waals surface area contributed by atoms with Gasteiger partial charge in [-0.25, -0.2) is 0 Å². The molecule has 7 nitrogen and oxygen atoms in total. The van der Waals surface area contributed by atoms with Crippen LogP contribution >= 0.6 is 0 Å². The molecule has 6 aromatic rings. The van der Waals surface area contributed by atoms with Crippen molar-refractivity contribution >= 4 is 21.8 Å². The highest BCUT2D eigenvalue weighted by Crippen LogP contribution is 2.34. The summed E-state index contributed by atoms with van der Waals surface area (Å²) >= 11 is 0. The van der Waals surface area contributed by atoms with E-state index in [1.54, 1.807) is 6.20 Å². The first-order valence-corrected chi connectivity index (χ1v) is 12.4. The molecule has 2 N–H and O–H groups in total. The van der Waals surface area contributed by atoms with Gasteiger partial charge in [-0.3, -0.25) is 25.0 Å². The van der Waals surface area contributed by atoms with Gasteiger partial charge < -0.3 is 4.98 Å². The number of hydrogen-bond donors (Lipinski definition) is 2. The topological polar surface area (TPSA) is 86.4 Å². The molecule has 0 unspecified atom stereocenters. The molecule has 0 saturated carbocycles. The molecule has 0 bridgehead atoms. The molecule has 1 aromatic carbocycles. The predicted molar refractivity (Wildman–Crippen MR) is 142 cm³/mol. The van der Waals surface area contributed by atoms with Gasteiger partial charge in [0.05, 0.1) is 23.1 Å². The number of aromatic nitrogens is 6. The molecule has 1 aliphatic heterocycles. The van der Waals surface area contributed by atoms with Crippen LogP contribution in [0.1, 0.15) is 18.4 Å². The average molecular weight is 472 g/mol. The largest absolute Gasteiger partial charge is 0.353 e. The Kier molecular flexibility index (Phi) is 5.06. The van der Waals surface area contributed by atoms with E-state index in [-0.39, 0.29) is 0 Å². The molecule has 0 spiro atoms. The Morgan fingerprint density at radius 3 is 2.61 bits per heavy atom. The number of rotatable bonds is 5. The van der Waals surface area contributed by atoms with Crippen molar-refractivity contribution in [2.24, 2.45) is 0 Å². The molecule has 1 fully saturated rings. The zero-order chi connectivity index (χ0) is 23.9. The number of aromatic amines is 2. The Bertz CT molecular complexity index is 1680. The first kappa shape index (κ1) is 21.0. The van der Waals surface area contributed by atoms with Gasteiger partial charge in [0.15, 0.2) is 0 Å². The molecule has 1 saturated heterocycles. The minimum absolute atomic E-state index is 0.878. The van der Waals surface area contributed by atoms with Gasteiger partial charge in [0.25, 0.3) is 0 Å². The normalized spacial score (nSPS) is 14.2. The zero-order valence-electron chi connectivity index (χ0n) is 19.8. The highest BCUT2D eigenvalue weighted by Gasteiger charge is 2.16. The summed E-state index contributed by atoms with van der Waals surface area (Å²) in [4.78, 5) is 19.6. The van der Waals surface area contributed by atoms with Crippen LogP contribution in [0, 0.1) is 0 Å². The summed E-state index contributed by atoms with van der Waals surface area (Å²) in [6, 6.07) is 16.8. The van der Waals surface area contributed by atoms with Crippen LogP contribution in [0.15, 0.2) is 79.5 Å². The molecule has 176 valence electrons. The molecule has 1 aliphatic rings. The van der Waals surface area contributed by atoms with E-state index in [2.05, 4.69) is 72.5 Å². The van der Waals surface area contributed by atoms with E-state index in [1.807, 2.05) is 30.9 Å². The first-order chi connectivity index (χ1) is 17.8. The van der Waals surface area contributed by atoms with Gasteiger partial charge in [0.2, 0.25) is 0 Å². The minimum atomic E-state index is 0.878. The molecule has 0 radical (unpaired) electrons. The van der Waals surface area contributed by atoms with Crippen LogP contribution in [0.4, 0.5) is 0 Å². The average Bonchev–Trinajstić information content (AvgIpc) is 3.68. The molecular weight excluding hydrogens is 446 g/mol. The third kappa shape index (κ3) is 3.74. The summed E-state index contributed by atoms with van der Waals surface area (Å²) in [5.41, 5.74) is 9.19. The summed E-state index contributed by atoms with van der Waals surface area (Å²) in [5, 5.41) is 9.97. The summed E-state index contributed by atoms with van der Waals surface area (Å²) in [7, 11) is 0. The standard InChI is InChI=1S/C29H25N7/c1-2-10-36(9-1)18-19-11-21(16-31-14-19)26-13-24-28(17-32-26)34-35-29(24)27-12-23-22(6-3-7-25(23)33-27)20-5-4-8-30-15-20/h3-8,11-17,33H,1-2,9-10,18H2,(H,34,35). The maximum atomic E-state index is 4.71. The van der Waals surface area contributed by atoms with Gasteiger partial charge in [0.1, 0.15) is 5.69 Å². The van der Waals surface area contributed by atoms with E-state index in [1.165, 1.54) is 31.5 Å². The Morgan fingerprint density at radius 2 is 1.72 bits per heavy atom. The molecule has 5 aromatic heterocycles. The van der Waals surface area contributed by atoms with E-state index in [0.717, 1.165) is 62.1 Å². The van der Waals surface area contributed by atoms with E-state index >= 15 is 0 Å². The van der Waals surface area contributed by atoms with Gasteiger partial charge in [-0.05, 0) is 67.4 Å². The van der Waals surface area contributed by atoms with Crippen LogP contribution in [0.3, 0.4) is 0 Å². The quantitative estimate of drug-likeness (QED) is 0.331. The lowest BCUT2D eigenvalue weighted by Gasteiger charge is -2.14. The second-order valence-electron chi connectivity index (χ2n) is 9.44. The summed E-state index contributed by atoms with van der Waals surface area (Å²) in [6.07, 6.45) is 12.0. The van der Waals surface area contributed by atoms with E-state index in [4.69, 9.17) is 4.98 Å². The van der Waals surface area contributed by atoms with Crippen LogP contribution < -0.4 is 0 Å². The van der Waals surface area contributed by atoms with Crippen LogP contribution in [-0.4, -0.2) is 48.1 Å². The number of pyridine rings is 3. The van der Waals surface area contributed by atoms with Crippen LogP contribution in [0.2, 0.25) is 0 Å². The molecule has 7 rings (SSSR count). The fourth-order valence-corrected chi connectivity index (χ4v) is 5.25. The Balaban J connectivity index is 1.28. The second kappa shape index (κ2) is 8.70. The Hall–Kier alpha value is -4.36. The maximum Gasteiger partial charge on any atom is 0.116 e. The van der Waals surface area contributed by atoms with E-state index < -0.39 is 0 Å². The first-order valence-electron chi connectivity index (χ1n) is 12.4. The van der Waals surface area contributed by atoms with Crippen LogP contribution in [0.25, 0.3) is 55.6 Å². The van der Waals surface area contributed by atoms with Crippen molar-refractivity contribution in [3.05, 3.63) is 85.1 Å². The van der Waals surface area contributed by atoms with Crippen molar-refractivity contribution in [3.63, 3.8) is 0 Å². The number of hydrogen-bond acceptors (Lipinski definition) is 5. The number of nitrogens with one attached hydrogen (secondary N) is 2. The monoisotopic (exact) mass is 471 g/mol. The van der Waals surface area contributed by atoms with Crippen molar-refractivity contribution in [1.29, 1.82) is 0 Å². The van der Waals surface area contributed by atoms with Crippen LogP contribution in [0.5, 0.6) is 0 Å². The molecule has 0 atom stereocenters. The summed E-state index contributed by atoms with van der Waals surface area (Å²) in [5.74, 6) is 0. The lowest BCUT2D eigenvalue weighted by atomic mass is 10.0. The lowest BCUT2D eigenvalue weighted by Crippen LogP contribution is -2.18. The van der Waals surface area contributed by atoms with Gasteiger partial charge in [-0.15, -0.1) is 0 Å². The highest BCUT2D eigenvalue weighted by molar-refractivity contribution is 6.01. The Morgan fingerprint density at radius 1 is 0.806 bits per heavy atom. The number of likely N-dealkylation sites (tertiary alicyclic amines) is 1. The Labute approximate surface area is 208 Å². The number of benzene rings is 1. The van der Waals surface area contributed by atoms with Crippen molar-refractivity contribution in [1.82, 2.24) is 35.0 Å². The van der Waals surface area contributed by atoms with Gasteiger partial charge in [-0.1, -0.05) is 18.2 Å². The third-order valence-electron chi connectivity index (χ3n) is 7.03. The van der Waals surface area contributed by atoms with Crippen LogP contribution in [-0.2, 0) is 6.54 Å². The smallest absolute Gasteiger partial charge is 0.116 e. The highest BCUT2D eigenvalue weighted by atomic mass is 15.1. The fraction of sp³-hybridized carbons (Fsp3) is 0.172. The zero-order valence-corrected chi connectivity index (χ0v) is 19.8. The molecule has 6 heterocycles.